The molecular formula is C34H48O8. The zero-order valence-electron chi connectivity index (χ0n) is 26.1. The van der Waals surface area contributed by atoms with E-state index >= 15 is 0 Å². The van der Waals surface area contributed by atoms with Crippen LogP contribution in [0.5, 0.6) is 5.75 Å². The predicted octanol–water partition coefficient (Wildman–Crippen LogP) is 6.30. The minimum absolute atomic E-state index is 0.0188. The normalized spacial score (nSPS) is 26.8. The van der Waals surface area contributed by atoms with Gasteiger partial charge in [0.2, 0.25) is 0 Å². The van der Waals surface area contributed by atoms with E-state index in [-0.39, 0.29) is 49.7 Å². The highest BCUT2D eigenvalue weighted by molar-refractivity contribution is 5.89. The van der Waals surface area contributed by atoms with Crippen LogP contribution in [0.2, 0.25) is 0 Å². The van der Waals surface area contributed by atoms with Gasteiger partial charge in [-0.1, -0.05) is 70.2 Å². The fourth-order valence-corrected chi connectivity index (χ4v) is 6.74. The fourth-order valence-electron chi connectivity index (χ4n) is 6.74. The molecule has 4 atom stereocenters. The smallest absolute Gasteiger partial charge is 0.165 e. The molecule has 8 heteroatoms. The van der Waals surface area contributed by atoms with Gasteiger partial charge in [0.1, 0.15) is 31.7 Å². The molecule has 0 spiro atoms. The molecule has 0 aromatic heterocycles. The van der Waals surface area contributed by atoms with Gasteiger partial charge in [-0.2, -0.15) is 0 Å². The molecule has 0 saturated heterocycles. The molecule has 2 saturated carbocycles. The number of fused-ring (bicyclic) bond motifs is 2. The van der Waals surface area contributed by atoms with Gasteiger partial charge in [0.25, 0.3) is 0 Å². The topological polar surface area (TPSA) is 81.7 Å². The summed E-state index contributed by atoms with van der Waals surface area (Å²) in [6.45, 7) is 9.64. The van der Waals surface area contributed by atoms with E-state index in [1.807, 2.05) is 54.6 Å². The Balaban J connectivity index is 1.50. The van der Waals surface area contributed by atoms with E-state index in [2.05, 4.69) is 27.7 Å². The second-order valence-electron chi connectivity index (χ2n) is 12.6. The van der Waals surface area contributed by atoms with Crippen LogP contribution in [-0.2, 0) is 46.4 Å². The summed E-state index contributed by atoms with van der Waals surface area (Å²) >= 11 is 0. The first-order chi connectivity index (χ1) is 20.1. The minimum atomic E-state index is -0.985. The van der Waals surface area contributed by atoms with Gasteiger partial charge in [-0.15, -0.1) is 0 Å². The first-order valence-corrected chi connectivity index (χ1v) is 14.9. The second-order valence-corrected chi connectivity index (χ2v) is 12.6. The molecule has 2 bridgehead atoms. The number of methoxy groups -OCH3 is 2. The first kappa shape index (κ1) is 32.6. The van der Waals surface area contributed by atoms with E-state index < -0.39 is 11.0 Å². The summed E-state index contributed by atoms with van der Waals surface area (Å²) in [5.41, 5.74) is 0.197. The summed E-state index contributed by atoms with van der Waals surface area (Å²) in [5.74, 6) is 0.888. The maximum Gasteiger partial charge on any atom is 0.165 e. The third kappa shape index (κ3) is 7.24. The van der Waals surface area contributed by atoms with E-state index in [1.54, 1.807) is 14.2 Å². The van der Waals surface area contributed by atoms with Crippen molar-refractivity contribution < 1.29 is 38.0 Å². The first-order valence-electron chi connectivity index (χ1n) is 14.9. The molecule has 0 heterocycles. The lowest BCUT2D eigenvalue weighted by molar-refractivity contribution is -0.225. The van der Waals surface area contributed by atoms with Crippen LogP contribution in [0.3, 0.4) is 0 Å². The van der Waals surface area contributed by atoms with E-state index in [0.717, 1.165) is 23.3 Å². The maximum absolute atomic E-state index is 14.1. The van der Waals surface area contributed by atoms with Gasteiger partial charge < -0.3 is 33.2 Å². The number of hydrogen-bond donors (Lipinski definition) is 0. The Morgan fingerprint density at radius 3 is 2.12 bits per heavy atom. The Kier molecular flexibility index (Phi) is 11.2. The molecule has 0 amide bonds. The fraction of sp³-hybridized carbons (Fsp3) is 0.618. The van der Waals surface area contributed by atoms with Gasteiger partial charge in [-0.05, 0) is 53.9 Å². The largest absolute Gasteiger partial charge is 0.497 e. The number of carbonyl (C=O) groups is 1. The van der Waals surface area contributed by atoms with Crippen molar-refractivity contribution in [3.05, 3.63) is 65.7 Å². The van der Waals surface area contributed by atoms with Crippen LogP contribution in [0.25, 0.3) is 0 Å². The summed E-state index contributed by atoms with van der Waals surface area (Å²) in [7, 11) is 3.26. The summed E-state index contributed by atoms with van der Waals surface area (Å²) in [5, 5.41) is 0. The van der Waals surface area contributed by atoms with Crippen LogP contribution in [0.15, 0.2) is 54.6 Å². The highest BCUT2D eigenvalue weighted by atomic mass is 16.7. The van der Waals surface area contributed by atoms with Gasteiger partial charge in [0.15, 0.2) is 5.78 Å². The van der Waals surface area contributed by atoms with Crippen molar-refractivity contribution in [3.63, 3.8) is 0 Å². The Morgan fingerprint density at radius 2 is 1.45 bits per heavy atom. The standard InChI is InChI=1S/C34H48O8/c1-32(2)18-17-29(35)34(42-24-39-21-26-12-14-27(37-6)15-13-26)19-16-28(33(34,3)4)30(40-22-36-5)31(32)41-23-38-20-25-10-8-7-9-11-25/h7-15,28,30-31H,16-24H2,1-6H3/t28-,30-,31-,34-/m1/s1. The third-order valence-corrected chi connectivity index (χ3v) is 9.32. The van der Waals surface area contributed by atoms with E-state index in [4.69, 9.17) is 33.2 Å². The van der Waals surface area contributed by atoms with Crippen molar-refractivity contribution in [2.45, 2.75) is 84.4 Å². The molecule has 2 fully saturated rings. The van der Waals surface area contributed by atoms with Gasteiger partial charge >= 0.3 is 0 Å². The maximum atomic E-state index is 14.1. The van der Waals surface area contributed by atoms with Gasteiger partial charge in [-0.3, -0.25) is 4.79 Å². The zero-order chi connectivity index (χ0) is 30.2. The molecule has 2 aliphatic rings. The molecule has 42 heavy (non-hydrogen) atoms. The molecule has 2 aromatic carbocycles. The number of Topliss-reactive ketones (excluding diaryl/α,β-unsaturated/α-hetero) is 1. The molecule has 2 aromatic rings. The van der Waals surface area contributed by atoms with Crippen LogP contribution in [0.4, 0.5) is 0 Å². The van der Waals surface area contributed by atoms with Crippen molar-refractivity contribution in [2.24, 2.45) is 16.7 Å². The van der Waals surface area contributed by atoms with E-state index in [1.165, 1.54) is 0 Å². The van der Waals surface area contributed by atoms with Crippen LogP contribution in [0, 0.1) is 16.7 Å². The molecular weight excluding hydrogens is 536 g/mol. The molecule has 8 nitrogen and oxygen atoms in total. The number of ketones is 1. The molecule has 0 unspecified atom stereocenters. The Hall–Kier alpha value is -2.33. The molecule has 232 valence electrons. The van der Waals surface area contributed by atoms with Crippen LogP contribution >= 0.6 is 0 Å². The average Bonchev–Trinajstić information content (AvgIpc) is 3.26. The molecule has 0 radical (unpaired) electrons. The Labute approximate surface area is 250 Å². The van der Waals surface area contributed by atoms with Crippen LogP contribution in [-0.4, -0.2) is 58.2 Å². The number of rotatable bonds is 14. The number of benzene rings is 2. The molecule has 0 aliphatic heterocycles. The molecule has 4 rings (SSSR count). The lowest BCUT2D eigenvalue weighted by atomic mass is 9.67. The Bertz CT molecular complexity index is 1120. The SMILES string of the molecule is COCO[C@H]1[C@@H](OCOCc2ccccc2)C(C)(C)CCC(=O)[C@]2(OCOCc3ccc(OC)cc3)CC[C@H]1C2(C)C. The van der Waals surface area contributed by atoms with Crippen molar-refractivity contribution in [3.8, 4) is 5.75 Å². The predicted molar refractivity (Wildman–Crippen MR) is 159 cm³/mol. The van der Waals surface area contributed by atoms with E-state index in [9.17, 15) is 4.79 Å². The van der Waals surface area contributed by atoms with Crippen molar-refractivity contribution in [2.75, 3.05) is 34.6 Å². The summed E-state index contributed by atoms with van der Waals surface area (Å²) < 4.78 is 41.9. The summed E-state index contributed by atoms with van der Waals surface area (Å²) in [4.78, 5) is 14.1. The minimum Gasteiger partial charge on any atom is -0.497 e. The zero-order valence-corrected chi connectivity index (χ0v) is 26.1. The summed E-state index contributed by atoms with van der Waals surface area (Å²) in [6, 6.07) is 17.8. The monoisotopic (exact) mass is 584 g/mol. The van der Waals surface area contributed by atoms with Gasteiger partial charge in [0.05, 0.1) is 32.5 Å². The third-order valence-electron chi connectivity index (χ3n) is 9.32. The van der Waals surface area contributed by atoms with Gasteiger partial charge in [0, 0.05) is 18.9 Å². The quantitative estimate of drug-likeness (QED) is 0.189. The lowest BCUT2D eigenvalue weighted by Crippen LogP contribution is -2.55. The van der Waals surface area contributed by atoms with Crippen LogP contribution < -0.4 is 4.74 Å². The molecule has 2 aliphatic carbocycles. The summed E-state index contributed by atoms with van der Waals surface area (Å²) in [6.07, 6.45) is 1.71. The number of hydrogen-bond acceptors (Lipinski definition) is 8. The van der Waals surface area contributed by atoms with Gasteiger partial charge in [-0.25, -0.2) is 0 Å². The highest BCUT2D eigenvalue weighted by Crippen LogP contribution is 2.58. The number of carbonyl (C=O) groups excluding carboxylic acids is 1. The van der Waals surface area contributed by atoms with Crippen molar-refractivity contribution >= 4 is 5.78 Å². The molecule has 0 N–H and O–H groups in total. The van der Waals surface area contributed by atoms with Crippen molar-refractivity contribution in [1.29, 1.82) is 0 Å². The lowest BCUT2D eigenvalue weighted by Gasteiger charge is -2.46. The second kappa shape index (κ2) is 14.4. The van der Waals surface area contributed by atoms with Crippen LogP contribution in [0.1, 0.15) is 64.5 Å². The average molecular weight is 585 g/mol. The number of ether oxygens (including phenoxy) is 7. The Morgan fingerprint density at radius 1 is 0.786 bits per heavy atom. The highest BCUT2D eigenvalue weighted by Gasteiger charge is 2.64. The van der Waals surface area contributed by atoms with Crippen molar-refractivity contribution in [1.82, 2.24) is 0 Å². The van der Waals surface area contributed by atoms with E-state index in [0.29, 0.717) is 32.5 Å².